The summed E-state index contributed by atoms with van der Waals surface area (Å²) >= 11 is 0. The number of ether oxygens (including phenoxy) is 1. The first kappa shape index (κ1) is 15.3. The van der Waals surface area contributed by atoms with E-state index in [0.717, 1.165) is 38.8 Å². The fourth-order valence-corrected chi connectivity index (χ4v) is 2.34. The Morgan fingerprint density at radius 3 is 2.72 bits per heavy atom. The number of carbonyl (C=O) groups excluding carboxylic acids is 1. The van der Waals surface area contributed by atoms with E-state index in [2.05, 4.69) is 0 Å². The van der Waals surface area contributed by atoms with E-state index in [0.29, 0.717) is 5.92 Å². The van der Waals surface area contributed by atoms with Crippen LogP contribution in [-0.2, 0) is 4.74 Å². The summed E-state index contributed by atoms with van der Waals surface area (Å²) in [6.45, 7) is 7.57. The second-order valence-corrected chi connectivity index (χ2v) is 6.15. The molecule has 1 rings (SSSR count). The highest BCUT2D eigenvalue weighted by Gasteiger charge is 2.27. The molecule has 1 amide bonds. The van der Waals surface area contributed by atoms with Crippen LogP contribution in [0.4, 0.5) is 4.79 Å². The van der Waals surface area contributed by atoms with E-state index in [1.807, 2.05) is 25.7 Å². The van der Waals surface area contributed by atoms with Crippen molar-refractivity contribution in [3.8, 4) is 0 Å². The number of piperidine rings is 1. The van der Waals surface area contributed by atoms with Crippen molar-refractivity contribution < 1.29 is 14.6 Å². The summed E-state index contributed by atoms with van der Waals surface area (Å²) < 4.78 is 5.40. The van der Waals surface area contributed by atoms with Crippen molar-refractivity contribution in [2.45, 2.75) is 58.5 Å². The Balaban J connectivity index is 2.36. The standard InChI is InChI=1S/C14H27NO3/c1-14(2,3)18-13(17)15-9-6-8-12(11-15)7-4-5-10-16/h12,16H,4-11H2,1-3H3/t12-/m0/s1. The van der Waals surface area contributed by atoms with Crippen LogP contribution in [0.5, 0.6) is 0 Å². The molecule has 4 nitrogen and oxygen atoms in total. The van der Waals surface area contributed by atoms with Gasteiger partial charge in [0.05, 0.1) is 0 Å². The van der Waals surface area contributed by atoms with Gasteiger partial charge in [0, 0.05) is 19.7 Å². The number of aliphatic hydroxyl groups excluding tert-OH is 1. The van der Waals surface area contributed by atoms with Crippen molar-refractivity contribution in [1.29, 1.82) is 0 Å². The summed E-state index contributed by atoms with van der Waals surface area (Å²) in [6, 6.07) is 0. The number of likely N-dealkylation sites (tertiary alicyclic amines) is 1. The SMILES string of the molecule is CC(C)(C)OC(=O)N1CCC[C@H](CCCCO)C1. The van der Waals surface area contributed by atoms with E-state index in [9.17, 15) is 4.79 Å². The van der Waals surface area contributed by atoms with Gasteiger partial charge in [-0.1, -0.05) is 6.42 Å². The second-order valence-electron chi connectivity index (χ2n) is 6.15. The van der Waals surface area contributed by atoms with Crippen LogP contribution in [0.1, 0.15) is 52.9 Å². The Hall–Kier alpha value is -0.770. The molecule has 1 saturated heterocycles. The number of unbranched alkanes of at least 4 members (excludes halogenated alkanes) is 1. The van der Waals surface area contributed by atoms with Gasteiger partial charge >= 0.3 is 6.09 Å². The number of rotatable bonds is 4. The minimum absolute atomic E-state index is 0.186. The maximum absolute atomic E-state index is 12.0. The van der Waals surface area contributed by atoms with Crippen molar-refractivity contribution in [2.75, 3.05) is 19.7 Å². The molecular formula is C14H27NO3. The average Bonchev–Trinajstić information content (AvgIpc) is 2.27. The topological polar surface area (TPSA) is 49.8 Å². The van der Waals surface area contributed by atoms with Crippen molar-refractivity contribution >= 4 is 6.09 Å². The summed E-state index contributed by atoms with van der Waals surface area (Å²) in [5.74, 6) is 0.567. The van der Waals surface area contributed by atoms with Crippen LogP contribution < -0.4 is 0 Å². The third-order valence-corrected chi connectivity index (χ3v) is 3.19. The zero-order chi connectivity index (χ0) is 13.6. The highest BCUT2D eigenvalue weighted by Crippen LogP contribution is 2.23. The van der Waals surface area contributed by atoms with Crippen LogP contribution in [0.25, 0.3) is 0 Å². The maximum Gasteiger partial charge on any atom is 0.410 e. The zero-order valence-electron chi connectivity index (χ0n) is 11.9. The summed E-state index contributed by atoms with van der Waals surface area (Å²) in [7, 11) is 0. The highest BCUT2D eigenvalue weighted by molar-refractivity contribution is 5.68. The normalized spacial score (nSPS) is 20.9. The lowest BCUT2D eigenvalue weighted by molar-refractivity contribution is 0.0160. The largest absolute Gasteiger partial charge is 0.444 e. The van der Waals surface area contributed by atoms with E-state index in [1.54, 1.807) is 0 Å². The van der Waals surface area contributed by atoms with Crippen LogP contribution in [0.15, 0.2) is 0 Å². The second kappa shape index (κ2) is 6.98. The van der Waals surface area contributed by atoms with Gasteiger partial charge in [-0.2, -0.15) is 0 Å². The molecule has 1 atom stereocenters. The molecule has 0 bridgehead atoms. The molecule has 0 saturated carbocycles. The average molecular weight is 257 g/mol. The lowest BCUT2D eigenvalue weighted by Gasteiger charge is -2.34. The van der Waals surface area contributed by atoms with E-state index in [4.69, 9.17) is 9.84 Å². The number of carbonyl (C=O) groups is 1. The maximum atomic E-state index is 12.0. The molecule has 1 N–H and O–H groups in total. The molecular weight excluding hydrogens is 230 g/mol. The van der Waals surface area contributed by atoms with Gasteiger partial charge in [0.15, 0.2) is 0 Å². The van der Waals surface area contributed by atoms with Gasteiger partial charge < -0.3 is 14.7 Å². The molecule has 1 heterocycles. The summed E-state index contributed by atoms with van der Waals surface area (Å²) in [6.07, 6.45) is 5.06. The third kappa shape index (κ3) is 5.71. The first-order chi connectivity index (χ1) is 8.42. The molecule has 0 aromatic heterocycles. The number of amides is 1. The van der Waals surface area contributed by atoms with Crippen molar-refractivity contribution in [1.82, 2.24) is 4.90 Å². The summed E-state index contributed by atoms with van der Waals surface area (Å²) in [5, 5.41) is 8.78. The molecule has 1 aliphatic heterocycles. The smallest absolute Gasteiger partial charge is 0.410 e. The number of hydrogen-bond donors (Lipinski definition) is 1. The van der Waals surface area contributed by atoms with Crippen LogP contribution in [-0.4, -0.2) is 41.4 Å². The summed E-state index contributed by atoms with van der Waals surface area (Å²) in [4.78, 5) is 13.8. The van der Waals surface area contributed by atoms with E-state index in [1.165, 1.54) is 6.42 Å². The molecule has 1 fully saturated rings. The van der Waals surface area contributed by atoms with Crippen LogP contribution in [0.2, 0.25) is 0 Å². The van der Waals surface area contributed by atoms with Gasteiger partial charge in [0.1, 0.15) is 5.60 Å². The molecule has 0 unspecified atom stereocenters. The Morgan fingerprint density at radius 1 is 1.39 bits per heavy atom. The van der Waals surface area contributed by atoms with Crippen LogP contribution >= 0.6 is 0 Å². The molecule has 0 radical (unpaired) electrons. The molecule has 4 heteroatoms. The zero-order valence-corrected chi connectivity index (χ0v) is 11.9. The molecule has 0 spiro atoms. The Morgan fingerprint density at radius 2 is 2.11 bits per heavy atom. The Labute approximate surface area is 110 Å². The molecule has 0 aliphatic carbocycles. The van der Waals surface area contributed by atoms with E-state index >= 15 is 0 Å². The number of aliphatic hydroxyl groups is 1. The van der Waals surface area contributed by atoms with Crippen molar-refractivity contribution in [3.05, 3.63) is 0 Å². The van der Waals surface area contributed by atoms with Crippen molar-refractivity contribution in [3.63, 3.8) is 0 Å². The minimum atomic E-state index is -0.416. The molecule has 0 aromatic carbocycles. The molecule has 0 aromatic rings. The predicted molar refractivity (Wildman–Crippen MR) is 71.5 cm³/mol. The van der Waals surface area contributed by atoms with Crippen LogP contribution in [0, 0.1) is 5.92 Å². The monoisotopic (exact) mass is 257 g/mol. The van der Waals surface area contributed by atoms with Crippen LogP contribution in [0.3, 0.4) is 0 Å². The third-order valence-electron chi connectivity index (χ3n) is 3.19. The number of hydrogen-bond acceptors (Lipinski definition) is 3. The van der Waals surface area contributed by atoms with Gasteiger partial charge in [-0.3, -0.25) is 0 Å². The first-order valence-electron chi connectivity index (χ1n) is 7.01. The summed E-state index contributed by atoms with van der Waals surface area (Å²) in [5.41, 5.74) is -0.416. The van der Waals surface area contributed by atoms with Gasteiger partial charge in [-0.15, -0.1) is 0 Å². The Bertz CT molecular complexity index is 260. The predicted octanol–water partition coefficient (Wildman–Crippen LogP) is 2.80. The quantitative estimate of drug-likeness (QED) is 0.788. The Kier molecular flexibility index (Phi) is 5.93. The fraction of sp³-hybridized carbons (Fsp3) is 0.929. The van der Waals surface area contributed by atoms with Crippen molar-refractivity contribution in [2.24, 2.45) is 5.92 Å². The van der Waals surface area contributed by atoms with Gasteiger partial charge in [0.2, 0.25) is 0 Å². The van der Waals surface area contributed by atoms with Gasteiger partial charge in [-0.25, -0.2) is 4.79 Å². The molecule has 106 valence electrons. The molecule has 18 heavy (non-hydrogen) atoms. The fourth-order valence-electron chi connectivity index (χ4n) is 2.34. The highest BCUT2D eigenvalue weighted by atomic mass is 16.6. The lowest BCUT2D eigenvalue weighted by atomic mass is 9.93. The van der Waals surface area contributed by atoms with E-state index in [-0.39, 0.29) is 12.7 Å². The van der Waals surface area contributed by atoms with Gasteiger partial charge in [0.25, 0.3) is 0 Å². The first-order valence-corrected chi connectivity index (χ1v) is 7.01. The van der Waals surface area contributed by atoms with E-state index < -0.39 is 5.60 Å². The number of nitrogens with zero attached hydrogens (tertiary/aromatic N) is 1. The van der Waals surface area contributed by atoms with Gasteiger partial charge in [-0.05, 0) is 52.4 Å². The lowest BCUT2D eigenvalue weighted by Crippen LogP contribution is -2.42. The molecule has 1 aliphatic rings. The minimum Gasteiger partial charge on any atom is -0.444 e.